The Morgan fingerprint density at radius 3 is 2.87 bits per heavy atom. The Bertz CT molecular complexity index is 435. The van der Waals surface area contributed by atoms with Crippen LogP contribution >= 0.6 is 0 Å². The van der Waals surface area contributed by atoms with E-state index >= 15 is 0 Å². The summed E-state index contributed by atoms with van der Waals surface area (Å²) in [4.78, 5) is 0. The highest BCUT2D eigenvalue weighted by molar-refractivity contribution is 5.74. The average molecular weight is 197 g/mol. The van der Waals surface area contributed by atoms with Crippen molar-refractivity contribution in [2.24, 2.45) is 0 Å². The normalized spacial score (nSPS) is 16.3. The summed E-state index contributed by atoms with van der Waals surface area (Å²) in [6.07, 6.45) is 6.59. The van der Waals surface area contributed by atoms with E-state index in [-0.39, 0.29) is 0 Å². The molecule has 0 atom stereocenters. The fourth-order valence-corrected chi connectivity index (χ4v) is 2.05. The molecule has 0 bridgehead atoms. The molecule has 76 valence electrons. The summed E-state index contributed by atoms with van der Waals surface area (Å²) in [7, 11) is 0. The Morgan fingerprint density at radius 1 is 1.33 bits per heavy atom. The maximum absolute atomic E-state index is 5.51. The zero-order valence-corrected chi connectivity index (χ0v) is 9.01. The van der Waals surface area contributed by atoms with Gasteiger partial charge in [-0.25, -0.2) is 0 Å². The van der Waals surface area contributed by atoms with Crippen molar-refractivity contribution in [3.05, 3.63) is 41.0 Å². The van der Waals surface area contributed by atoms with Crippen molar-refractivity contribution in [2.75, 3.05) is 13.1 Å². The predicted octanol–water partition coefficient (Wildman–Crippen LogP) is 2.43. The van der Waals surface area contributed by atoms with Gasteiger partial charge in [-0.3, -0.25) is 0 Å². The zero-order chi connectivity index (χ0) is 10.7. The van der Waals surface area contributed by atoms with E-state index in [2.05, 4.69) is 30.3 Å². The molecule has 1 heterocycles. The fraction of sp³-hybridized carbons (Fsp3) is 0.286. The van der Waals surface area contributed by atoms with Crippen molar-refractivity contribution in [3.63, 3.8) is 0 Å². The van der Waals surface area contributed by atoms with Gasteiger partial charge in [0.1, 0.15) is 0 Å². The molecule has 0 fully saturated rings. The summed E-state index contributed by atoms with van der Waals surface area (Å²) in [5, 5.41) is 3.36. The first-order valence-corrected chi connectivity index (χ1v) is 5.28. The Labute approximate surface area is 91.2 Å². The third kappa shape index (κ3) is 1.95. The van der Waals surface area contributed by atoms with Crippen molar-refractivity contribution >= 4 is 5.57 Å². The third-order valence-corrected chi connectivity index (χ3v) is 2.86. The first-order chi connectivity index (χ1) is 7.33. The van der Waals surface area contributed by atoms with Gasteiger partial charge in [0.2, 0.25) is 0 Å². The van der Waals surface area contributed by atoms with Crippen LogP contribution in [0.5, 0.6) is 0 Å². The van der Waals surface area contributed by atoms with Gasteiger partial charge in [0, 0.05) is 12.1 Å². The van der Waals surface area contributed by atoms with Crippen molar-refractivity contribution in [1.82, 2.24) is 5.32 Å². The summed E-state index contributed by atoms with van der Waals surface area (Å²) in [5.41, 5.74) is 5.07. The number of hydrogen-bond acceptors (Lipinski definition) is 1. The maximum Gasteiger partial charge on any atom is 0.0317 e. The van der Waals surface area contributed by atoms with E-state index in [1.807, 2.05) is 12.1 Å². The summed E-state index contributed by atoms with van der Waals surface area (Å²) >= 11 is 0. The Kier molecular flexibility index (Phi) is 2.89. The lowest BCUT2D eigenvalue weighted by Gasteiger charge is -2.20. The molecule has 0 aliphatic carbocycles. The van der Waals surface area contributed by atoms with Crippen LogP contribution in [0.1, 0.15) is 24.5 Å². The molecule has 1 heteroatoms. The molecule has 1 nitrogen and oxygen atoms in total. The van der Waals surface area contributed by atoms with E-state index in [0.717, 1.165) is 25.1 Å². The molecular formula is C14H15N. The second kappa shape index (κ2) is 4.33. The second-order valence-corrected chi connectivity index (χ2v) is 3.88. The molecule has 1 N–H and O–H groups in total. The molecule has 0 unspecified atom stereocenters. The number of benzene rings is 1. The molecule has 0 radical (unpaired) electrons. The largest absolute Gasteiger partial charge is 0.313 e. The van der Waals surface area contributed by atoms with Gasteiger partial charge in [-0.2, -0.15) is 0 Å². The van der Waals surface area contributed by atoms with Crippen molar-refractivity contribution in [1.29, 1.82) is 0 Å². The monoisotopic (exact) mass is 197 g/mol. The van der Waals surface area contributed by atoms with Gasteiger partial charge in [-0.15, -0.1) is 6.42 Å². The number of nitrogens with one attached hydrogen (secondary N) is 1. The van der Waals surface area contributed by atoms with Gasteiger partial charge >= 0.3 is 0 Å². The summed E-state index contributed by atoms with van der Waals surface area (Å²) in [6, 6.07) is 8.19. The van der Waals surface area contributed by atoms with Gasteiger partial charge in [0.05, 0.1) is 0 Å². The van der Waals surface area contributed by atoms with Gasteiger partial charge in [0.15, 0.2) is 0 Å². The molecule has 2 rings (SSSR count). The summed E-state index contributed by atoms with van der Waals surface area (Å²) in [6.45, 7) is 4.20. The van der Waals surface area contributed by atoms with Crippen LogP contribution in [0.15, 0.2) is 29.8 Å². The lowest BCUT2D eigenvalue weighted by Crippen LogP contribution is -2.23. The van der Waals surface area contributed by atoms with Crippen LogP contribution in [-0.2, 0) is 0 Å². The minimum Gasteiger partial charge on any atom is -0.313 e. The van der Waals surface area contributed by atoms with Crippen LogP contribution in [0.3, 0.4) is 0 Å². The first-order valence-electron chi connectivity index (χ1n) is 5.28. The summed E-state index contributed by atoms with van der Waals surface area (Å²) in [5.74, 6) is 2.76. The van der Waals surface area contributed by atoms with Crippen molar-refractivity contribution in [2.45, 2.75) is 13.3 Å². The Hall–Kier alpha value is -1.52. The van der Waals surface area contributed by atoms with Crippen LogP contribution in [0.2, 0.25) is 0 Å². The van der Waals surface area contributed by atoms with Crippen molar-refractivity contribution in [3.8, 4) is 12.3 Å². The highest BCUT2D eigenvalue weighted by Gasteiger charge is 2.12. The molecule has 0 amide bonds. The predicted molar refractivity (Wildman–Crippen MR) is 64.5 cm³/mol. The molecule has 15 heavy (non-hydrogen) atoms. The average Bonchev–Trinajstić information content (AvgIpc) is 2.30. The number of terminal acetylenes is 1. The van der Waals surface area contributed by atoms with Gasteiger partial charge in [-0.05, 0) is 37.1 Å². The number of rotatable bonds is 1. The highest BCUT2D eigenvalue weighted by Crippen LogP contribution is 2.26. The van der Waals surface area contributed by atoms with Crippen LogP contribution in [0.25, 0.3) is 5.57 Å². The molecular weight excluding hydrogens is 182 g/mol. The maximum atomic E-state index is 5.51. The van der Waals surface area contributed by atoms with E-state index in [4.69, 9.17) is 6.42 Å². The van der Waals surface area contributed by atoms with E-state index < -0.39 is 0 Å². The van der Waals surface area contributed by atoms with Gasteiger partial charge < -0.3 is 5.32 Å². The molecule has 1 aliphatic rings. The summed E-state index contributed by atoms with van der Waals surface area (Å²) < 4.78 is 0. The Balaban J connectivity index is 2.49. The minimum absolute atomic E-state index is 0.980. The number of hydrogen-bond donors (Lipinski definition) is 1. The fourth-order valence-electron chi connectivity index (χ4n) is 2.05. The molecule has 0 aromatic heterocycles. The molecule has 1 aromatic carbocycles. The van der Waals surface area contributed by atoms with Crippen LogP contribution in [0.4, 0.5) is 0 Å². The van der Waals surface area contributed by atoms with E-state index in [0.29, 0.717) is 0 Å². The molecule has 0 spiro atoms. The van der Waals surface area contributed by atoms with E-state index in [9.17, 15) is 0 Å². The SMILES string of the molecule is C#Cc1ccccc1C1=C(C)CNCC1. The topological polar surface area (TPSA) is 12.0 Å². The Morgan fingerprint density at radius 2 is 2.13 bits per heavy atom. The second-order valence-electron chi connectivity index (χ2n) is 3.88. The minimum atomic E-state index is 0.980. The highest BCUT2D eigenvalue weighted by atomic mass is 14.9. The third-order valence-electron chi connectivity index (χ3n) is 2.86. The zero-order valence-electron chi connectivity index (χ0n) is 9.01. The van der Waals surface area contributed by atoms with Crippen LogP contribution in [-0.4, -0.2) is 13.1 Å². The lowest BCUT2D eigenvalue weighted by atomic mass is 9.92. The smallest absolute Gasteiger partial charge is 0.0317 e. The van der Waals surface area contributed by atoms with E-state index in [1.54, 1.807) is 0 Å². The van der Waals surface area contributed by atoms with Crippen molar-refractivity contribution < 1.29 is 0 Å². The quantitative estimate of drug-likeness (QED) is 0.682. The van der Waals surface area contributed by atoms with Crippen LogP contribution in [0, 0.1) is 12.3 Å². The van der Waals surface area contributed by atoms with Gasteiger partial charge in [0.25, 0.3) is 0 Å². The standard InChI is InChI=1S/C14H15N/c1-3-12-6-4-5-7-14(12)13-8-9-15-10-11(13)2/h1,4-7,15H,8-10H2,2H3. The molecule has 1 aliphatic heterocycles. The van der Waals surface area contributed by atoms with E-state index in [1.165, 1.54) is 16.7 Å². The molecule has 0 saturated carbocycles. The molecule has 1 aromatic rings. The lowest BCUT2D eigenvalue weighted by molar-refractivity contribution is 0.713. The first kappa shape index (κ1) is 10.0. The van der Waals surface area contributed by atoms with Crippen LogP contribution < -0.4 is 5.32 Å². The molecule has 0 saturated heterocycles. The van der Waals surface area contributed by atoms with Gasteiger partial charge in [-0.1, -0.05) is 29.7 Å².